The van der Waals surface area contributed by atoms with E-state index in [4.69, 9.17) is 0 Å². The van der Waals surface area contributed by atoms with Crippen LogP contribution in [0.1, 0.15) is 58.2 Å². The van der Waals surface area contributed by atoms with Gasteiger partial charge in [0.2, 0.25) is 0 Å². The molecule has 2 aromatic rings. The highest BCUT2D eigenvalue weighted by atomic mass is 32.2. The predicted molar refractivity (Wildman–Crippen MR) is 110 cm³/mol. The zero-order valence-corrected chi connectivity index (χ0v) is 17.8. The molecule has 0 saturated carbocycles. The summed E-state index contributed by atoms with van der Waals surface area (Å²) in [6.45, 7) is 14.7. The summed E-state index contributed by atoms with van der Waals surface area (Å²) in [5, 5.41) is 21.0. The molecule has 0 fully saturated rings. The van der Waals surface area contributed by atoms with Crippen LogP contribution in [0.3, 0.4) is 0 Å². The van der Waals surface area contributed by atoms with Crippen LogP contribution in [0.4, 0.5) is 0 Å². The Morgan fingerprint density at radius 1 is 0.760 bits per heavy atom. The third kappa shape index (κ3) is 4.48. The molecule has 0 amide bonds. The van der Waals surface area contributed by atoms with Crippen LogP contribution in [-0.2, 0) is 10.8 Å². The van der Waals surface area contributed by atoms with Crippen molar-refractivity contribution < 1.29 is 10.2 Å². The Morgan fingerprint density at radius 2 is 1.20 bits per heavy atom. The molecule has 0 saturated heterocycles. The van der Waals surface area contributed by atoms with Gasteiger partial charge in [-0.1, -0.05) is 59.4 Å². The molecular formula is C21H28O2S2. The standard InChI is InChI=1S/C21H28O2S2/c1-12-8-13(20(2,3)4)10-16(18(12)22)25-17-11-14(21(5,6)7)9-15(24)19(17)23/h8-11,22-24H,1-7H3. The van der Waals surface area contributed by atoms with E-state index in [0.29, 0.717) is 9.79 Å². The molecule has 4 heteroatoms. The first kappa shape index (κ1) is 20.1. The molecule has 2 aromatic carbocycles. The first-order chi connectivity index (χ1) is 11.3. The van der Waals surface area contributed by atoms with Gasteiger partial charge in [-0.15, -0.1) is 12.6 Å². The molecule has 0 unspecified atom stereocenters. The van der Waals surface area contributed by atoms with Gasteiger partial charge >= 0.3 is 0 Å². The third-order valence-electron chi connectivity index (χ3n) is 4.27. The van der Waals surface area contributed by atoms with E-state index in [1.165, 1.54) is 11.8 Å². The van der Waals surface area contributed by atoms with E-state index in [9.17, 15) is 10.2 Å². The lowest BCUT2D eigenvalue weighted by Crippen LogP contribution is -2.11. The SMILES string of the molecule is Cc1cc(C(C)(C)C)cc(Sc2cc(C(C)(C)C)cc(S)c2O)c1O. The second kappa shape index (κ2) is 6.81. The summed E-state index contributed by atoms with van der Waals surface area (Å²) in [6.07, 6.45) is 0. The van der Waals surface area contributed by atoms with Crippen molar-refractivity contribution in [3.63, 3.8) is 0 Å². The number of rotatable bonds is 2. The summed E-state index contributed by atoms with van der Waals surface area (Å²) < 4.78 is 0. The van der Waals surface area contributed by atoms with Crippen LogP contribution in [0, 0.1) is 6.92 Å². The fraction of sp³-hybridized carbons (Fsp3) is 0.429. The van der Waals surface area contributed by atoms with Crippen LogP contribution in [0.5, 0.6) is 11.5 Å². The summed E-state index contributed by atoms with van der Waals surface area (Å²) in [4.78, 5) is 2.01. The van der Waals surface area contributed by atoms with Crippen LogP contribution in [0.2, 0.25) is 0 Å². The first-order valence-corrected chi connectivity index (χ1v) is 9.65. The van der Waals surface area contributed by atoms with Crippen molar-refractivity contribution in [1.29, 1.82) is 0 Å². The van der Waals surface area contributed by atoms with Crippen molar-refractivity contribution in [2.75, 3.05) is 0 Å². The van der Waals surface area contributed by atoms with Crippen molar-refractivity contribution in [2.45, 2.75) is 74.0 Å². The number of hydrogen-bond acceptors (Lipinski definition) is 4. The topological polar surface area (TPSA) is 40.5 Å². The normalized spacial score (nSPS) is 12.5. The predicted octanol–water partition coefficient (Wildman–Crippen LogP) is 6.44. The van der Waals surface area contributed by atoms with Gasteiger partial charge in [-0.05, 0) is 52.6 Å². The fourth-order valence-corrected chi connectivity index (χ4v) is 3.89. The van der Waals surface area contributed by atoms with E-state index in [0.717, 1.165) is 21.6 Å². The molecule has 0 aliphatic rings. The van der Waals surface area contributed by atoms with E-state index in [-0.39, 0.29) is 22.3 Å². The van der Waals surface area contributed by atoms with E-state index in [1.54, 1.807) is 0 Å². The lowest BCUT2D eigenvalue weighted by atomic mass is 9.86. The molecule has 0 radical (unpaired) electrons. The maximum atomic E-state index is 10.5. The minimum Gasteiger partial charge on any atom is -0.506 e. The molecule has 0 aromatic heterocycles. The second-order valence-electron chi connectivity index (χ2n) is 8.58. The number of aryl methyl sites for hydroxylation is 1. The third-order valence-corrected chi connectivity index (χ3v) is 5.68. The fourth-order valence-electron chi connectivity index (χ4n) is 2.48. The molecular weight excluding hydrogens is 348 g/mol. The van der Waals surface area contributed by atoms with E-state index in [1.807, 2.05) is 31.2 Å². The van der Waals surface area contributed by atoms with Gasteiger partial charge in [-0.3, -0.25) is 0 Å². The molecule has 25 heavy (non-hydrogen) atoms. The Labute approximate surface area is 161 Å². The molecule has 2 nitrogen and oxygen atoms in total. The Kier molecular flexibility index (Phi) is 5.46. The zero-order chi connectivity index (χ0) is 19.2. The van der Waals surface area contributed by atoms with Gasteiger partial charge in [0, 0.05) is 4.90 Å². The van der Waals surface area contributed by atoms with Crippen molar-refractivity contribution in [2.24, 2.45) is 0 Å². The molecule has 2 rings (SSSR count). The maximum Gasteiger partial charge on any atom is 0.142 e. The molecule has 0 aliphatic heterocycles. The summed E-state index contributed by atoms with van der Waals surface area (Å²) in [7, 11) is 0. The molecule has 0 atom stereocenters. The molecule has 0 aliphatic carbocycles. The van der Waals surface area contributed by atoms with Crippen LogP contribution >= 0.6 is 24.4 Å². The molecule has 0 bridgehead atoms. The first-order valence-electron chi connectivity index (χ1n) is 8.39. The minimum atomic E-state index is -0.0499. The lowest BCUT2D eigenvalue weighted by molar-refractivity contribution is 0.446. The maximum absolute atomic E-state index is 10.5. The van der Waals surface area contributed by atoms with Crippen LogP contribution in [-0.4, -0.2) is 10.2 Å². The highest BCUT2D eigenvalue weighted by molar-refractivity contribution is 7.99. The Bertz CT molecular complexity index is 730. The molecule has 136 valence electrons. The van der Waals surface area contributed by atoms with Gasteiger partial charge in [-0.2, -0.15) is 0 Å². The van der Waals surface area contributed by atoms with E-state index >= 15 is 0 Å². The van der Waals surface area contributed by atoms with Gasteiger partial charge in [0.05, 0.1) is 9.79 Å². The van der Waals surface area contributed by atoms with Crippen LogP contribution in [0.15, 0.2) is 39.0 Å². The number of aromatic hydroxyl groups is 2. The quantitative estimate of drug-likeness (QED) is 0.528. The summed E-state index contributed by atoms with van der Waals surface area (Å²) in [5.41, 5.74) is 3.03. The Morgan fingerprint density at radius 3 is 1.68 bits per heavy atom. The Hall–Kier alpha value is -1.26. The average molecular weight is 377 g/mol. The summed E-state index contributed by atoms with van der Waals surface area (Å²) >= 11 is 5.80. The van der Waals surface area contributed by atoms with Crippen molar-refractivity contribution in [3.8, 4) is 11.5 Å². The summed E-state index contributed by atoms with van der Waals surface area (Å²) in [5.74, 6) is 0.416. The number of phenols is 2. The monoisotopic (exact) mass is 376 g/mol. The minimum absolute atomic E-state index is 0.0161. The Balaban J connectivity index is 2.57. The highest BCUT2D eigenvalue weighted by Gasteiger charge is 2.21. The second-order valence-corrected chi connectivity index (χ2v) is 10.1. The average Bonchev–Trinajstić information content (AvgIpc) is 2.45. The smallest absolute Gasteiger partial charge is 0.142 e. The molecule has 2 N–H and O–H groups in total. The molecule has 0 spiro atoms. The van der Waals surface area contributed by atoms with Crippen molar-refractivity contribution >= 4 is 24.4 Å². The number of hydrogen-bond donors (Lipinski definition) is 3. The number of phenolic OH excluding ortho intramolecular Hbond substituents is 2. The highest BCUT2D eigenvalue weighted by Crippen LogP contribution is 2.45. The van der Waals surface area contributed by atoms with Gasteiger partial charge < -0.3 is 10.2 Å². The van der Waals surface area contributed by atoms with E-state index in [2.05, 4.69) is 54.2 Å². The lowest BCUT2D eigenvalue weighted by Gasteiger charge is -2.23. The van der Waals surface area contributed by atoms with Crippen LogP contribution in [0.25, 0.3) is 0 Å². The molecule has 0 heterocycles. The van der Waals surface area contributed by atoms with Gasteiger partial charge in [-0.25, -0.2) is 0 Å². The van der Waals surface area contributed by atoms with Crippen LogP contribution < -0.4 is 0 Å². The zero-order valence-electron chi connectivity index (χ0n) is 16.1. The van der Waals surface area contributed by atoms with Crippen molar-refractivity contribution in [3.05, 3.63) is 41.0 Å². The van der Waals surface area contributed by atoms with Gasteiger partial charge in [0.1, 0.15) is 11.5 Å². The van der Waals surface area contributed by atoms with Gasteiger partial charge in [0.15, 0.2) is 0 Å². The largest absolute Gasteiger partial charge is 0.506 e. The number of benzene rings is 2. The van der Waals surface area contributed by atoms with E-state index < -0.39 is 0 Å². The van der Waals surface area contributed by atoms with Crippen molar-refractivity contribution in [1.82, 2.24) is 0 Å². The summed E-state index contributed by atoms with van der Waals surface area (Å²) in [6, 6.07) is 7.92. The number of thiol groups is 1. The van der Waals surface area contributed by atoms with Gasteiger partial charge in [0.25, 0.3) is 0 Å².